The van der Waals surface area contributed by atoms with Crippen LogP contribution >= 0.6 is 0 Å². The van der Waals surface area contributed by atoms with E-state index < -0.39 is 60.4 Å². The highest BCUT2D eigenvalue weighted by molar-refractivity contribution is 6.15. The van der Waals surface area contributed by atoms with E-state index in [0.29, 0.717) is 11.1 Å². The maximum atomic E-state index is 8.73. The van der Waals surface area contributed by atoms with Crippen LogP contribution in [-0.4, -0.2) is 19.5 Å². The van der Waals surface area contributed by atoms with Crippen molar-refractivity contribution in [3.8, 4) is 51.0 Å². The standard InChI is InChI=1S/C45H28N4O/c1-4-13-29(14-5-1)32-24-26-40-36(27-32)42-38(21-12-22-41(42)50-40)49-37-20-11-10-19-34(37)35-25-23-33(28-39(35)49)45-47-43(30-15-6-2-7-16-30)46-44(48-45)31-17-8-3-9-18-31/h1-28H/i2D,3D,6D,7D,8D,9D,15D,16D,17D,18D. The van der Waals surface area contributed by atoms with Gasteiger partial charge in [-0.05, 0) is 47.5 Å². The van der Waals surface area contributed by atoms with Crippen molar-refractivity contribution in [3.05, 3.63) is 170 Å². The minimum Gasteiger partial charge on any atom is -0.456 e. The molecule has 0 unspecified atom stereocenters. The summed E-state index contributed by atoms with van der Waals surface area (Å²) in [6.45, 7) is 0. The zero-order chi connectivity index (χ0) is 41.7. The van der Waals surface area contributed by atoms with Crippen LogP contribution in [0.4, 0.5) is 0 Å². The minimum atomic E-state index is -0.611. The Labute approximate surface area is 301 Å². The van der Waals surface area contributed by atoms with Crippen LogP contribution in [-0.2, 0) is 0 Å². The number of nitrogens with zero attached hydrogens (tertiary/aromatic N) is 4. The number of para-hydroxylation sites is 1. The first-order chi connectivity index (χ1) is 28.9. The molecule has 10 rings (SSSR count). The molecule has 0 bridgehead atoms. The molecule has 5 nitrogen and oxygen atoms in total. The van der Waals surface area contributed by atoms with E-state index in [-0.39, 0.29) is 28.6 Å². The average Bonchev–Trinajstić information content (AvgIpc) is 3.82. The normalized spacial score (nSPS) is 14.4. The molecule has 0 saturated heterocycles. The Bertz CT molecular complexity index is 3310. The van der Waals surface area contributed by atoms with E-state index >= 15 is 0 Å². The first-order valence-electron chi connectivity index (χ1n) is 20.9. The summed E-state index contributed by atoms with van der Waals surface area (Å²) in [7, 11) is 0. The largest absolute Gasteiger partial charge is 0.456 e. The number of rotatable bonds is 5. The van der Waals surface area contributed by atoms with E-state index in [2.05, 4.69) is 37.7 Å². The molecule has 234 valence electrons. The van der Waals surface area contributed by atoms with Crippen LogP contribution < -0.4 is 0 Å². The Hall–Kier alpha value is -6.85. The molecular weight excluding hydrogens is 613 g/mol. The van der Waals surface area contributed by atoms with Crippen LogP contribution in [0, 0.1) is 0 Å². The number of furan rings is 1. The predicted molar refractivity (Wildman–Crippen MR) is 203 cm³/mol. The average molecular weight is 651 g/mol. The molecule has 0 aliphatic carbocycles. The second-order valence-electron chi connectivity index (χ2n) is 11.7. The van der Waals surface area contributed by atoms with Crippen molar-refractivity contribution in [2.75, 3.05) is 0 Å². The predicted octanol–water partition coefficient (Wildman–Crippen LogP) is 11.5. The molecule has 10 aromatic rings. The summed E-state index contributed by atoms with van der Waals surface area (Å²) in [5, 5.41) is 3.68. The number of aromatic nitrogens is 4. The topological polar surface area (TPSA) is 56.7 Å². The molecule has 0 fully saturated rings. The molecule has 0 aliphatic heterocycles. The van der Waals surface area contributed by atoms with Gasteiger partial charge in [0.1, 0.15) is 11.2 Å². The molecular formula is C45H28N4O. The fraction of sp³-hybridized carbons (Fsp3) is 0. The summed E-state index contributed by atoms with van der Waals surface area (Å²) in [4.78, 5) is 13.8. The lowest BCUT2D eigenvalue weighted by molar-refractivity contribution is 0.669. The van der Waals surface area contributed by atoms with Gasteiger partial charge in [0.25, 0.3) is 0 Å². The summed E-state index contributed by atoms with van der Waals surface area (Å²) in [6.07, 6.45) is 0. The lowest BCUT2D eigenvalue weighted by Gasteiger charge is -2.11. The molecule has 0 spiro atoms. The number of benzene rings is 7. The van der Waals surface area contributed by atoms with Crippen LogP contribution in [0.25, 0.3) is 94.7 Å². The number of hydrogen-bond acceptors (Lipinski definition) is 4. The van der Waals surface area contributed by atoms with E-state index in [9.17, 15) is 0 Å². The van der Waals surface area contributed by atoms with Crippen LogP contribution in [0.15, 0.2) is 174 Å². The van der Waals surface area contributed by atoms with Gasteiger partial charge in [0.05, 0.1) is 35.8 Å². The maximum absolute atomic E-state index is 8.73. The lowest BCUT2D eigenvalue weighted by atomic mass is 10.0. The Morgan fingerprint density at radius 2 is 1.08 bits per heavy atom. The number of hydrogen-bond donors (Lipinski definition) is 0. The number of fused-ring (bicyclic) bond motifs is 6. The van der Waals surface area contributed by atoms with E-state index in [4.69, 9.17) is 18.1 Å². The molecule has 50 heavy (non-hydrogen) atoms. The zero-order valence-electron chi connectivity index (χ0n) is 36.1. The summed E-state index contributed by atoms with van der Waals surface area (Å²) in [5.74, 6) is -0.682. The smallest absolute Gasteiger partial charge is 0.164 e. The van der Waals surface area contributed by atoms with Crippen molar-refractivity contribution < 1.29 is 18.1 Å². The van der Waals surface area contributed by atoms with Crippen LogP contribution in [0.2, 0.25) is 0 Å². The van der Waals surface area contributed by atoms with Crippen LogP contribution in [0.5, 0.6) is 0 Å². The van der Waals surface area contributed by atoms with Crippen molar-refractivity contribution >= 4 is 43.7 Å². The second kappa shape index (κ2) is 11.4. The highest BCUT2D eigenvalue weighted by Crippen LogP contribution is 2.40. The SMILES string of the molecule is [2H]c1c([2H])c([2H])c(-c2nc(-c3ccc4c5ccccc5n(-c5cccc6oc7ccc(-c8ccccc8)cc7c56)c4c3)nc(-c3c([2H])c([2H])c([2H])c([2H])c3[2H])n2)c([2H])c1[2H]. The summed E-state index contributed by atoms with van der Waals surface area (Å²) >= 11 is 0. The van der Waals surface area contributed by atoms with Gasteiger partial charge in [-0.3, -0.25) is 0 Å². The lowest BCUT2D eigenvalue weighted by Crippen LogP contribution is -2.00. The van der Waals surface area contributed by atoms with Gasteiger partial charge in [0, 0.05) is 32.8 Å². The van der Waals surface area contributed by atoms with Gasteiger partial charge in [0.2, 0.25) is 0 Å². The summed E-state index contributed by atoms with van der Waals surface area (Å²) < 4.78 is 93.2. The third-order valence-electron chi connectivity index (χ3n) is 8.84. The third kappa shape index (κ3) is 4.60. The molecule has 5 heteroatoms. The van der Waals surface area contributed by atoms with E-state index in [0.717, 1.165) is 55.0 Å². The highest BCUT2D eigenvalue weighted by Gasteiger charge is 2.20. The Balaban J connectivity index is 1.26. The second-order valence-corrected chi connectivity index (χ2v) is 11.7. The first-order valence-corrected chi connectivity index (χ1v) is 15.9. The highest BCUT2D eigenvalue weighted by atomic mass is 16.3. The van der Waals surface area contributed by atoms with Crippen molar-refractivity contribution in [2.45, 2.75) is 0 Å². The molecule has 3 heterocycles. The molecule has 0 atom stereocenters. The fourth-order valence-corrected chi connectivity index (χ4v) is 6.63. The monoisotopic (exact) mass is 650 g/mol. The van der Waals surface area contributed by atoms with Crippen molar-refractivity contribution in [1.82, 2.24) is 19.5 Å². The van der Waals surface area contributed by atoms with Crippen LogP contribution in [0.1, 0.15) is 13.7 Å². The summed E-state index contributed by atoms with van der Waals surface area (Å²) in [5.41, 5.74) is 5.78. The van der Waals surface area contributed by atoms with Gasteiger partial charge in [-0.25, -0.2) is 15.0 Å². The van der Waals surface area contributed by atoms with Gasteiger partial charge in [-0.15, -0.1) is 0 Å². The molecule has 0 aliphatic rings. The van der Waals surface area contributed by atoms with E-state index in [1.54, 1.807) is 6.07 Å². The summed E-state index contributed by atoms with van der Waals surface area (Å²) in [6, 6.07) is 29.8. The van der Waals surface area contributed by atoms with E-state index in [1.807, 2.05) is 84.9 Å². The van der Waals surface area contributed by atoms with Crippen LogP contribution in [0.3, 0.4) is 0 Å². The Morgan fingerprint density at radius 1 is 0.440 bits per heavy atom. The first kappa shape index (κ1) is 19.8. The van der Waals surface area contributed by atoms with E-state index in [1.165, 1.54) is 0 Å². The molecule has 7 aromatic carbocycles. The van der Waals surface area contributed by atoms with Gasteiger partial charge in [-0.2, -0.15) is 0 Å². The van der Waals surface area contributed by atoms with Crippen molar-refractivity contribution in [3.63, 3.8) is 0 Å². The maximum Gasteiger partial charge on any atom is 0.164 e. The zero-order valence-corrected chi connectivity index (χ0v) is 26.1. The van der Waals surface area contributed by atoms with Crippen molar-refractivity contribution in [2.24, 2.45) is 0 Å². The van der Waals surface area contributed by atoms with Gasteiger partial charge >= 0.3 is 0 Å². The molecule has 0 N–H and O–H groups in total. The van der Waals surface area contributed by atoms with Crippen molar-refractivity contribution in [1.29, 1.82) is 0 Å². The molecule has 0 amide bonds. The molecule has 0 saturated carbocycles. The fourth-order valence-electron chi connectivity index (χ4n) is 6.63. The van der Waals surface area contributed by atoms with Gasteiger partial charge in [0.15, 0.2) is 17.5 Å². The minimum absolute atomic E-state index is 0.0215. The Morgan fingerprint density at radius 3 is 1.82 bits per heavy atom. The molecule has 0 radical (unpaired) electrons. The quantitative estimate of drug-likeness (QED) is 0.186. The third-order valence-corrected chi connectivity index (χ3v) is 8.84. The van der Waals surface area contributed by atoms with Gasteiger partial charge < -0.3 is 8.98 Å². The Kier molecular flexibility index (Phi) is 4.52. The molecule has 3 aromatic heterocycles. The van der Waals surface area contributed by atoms with Gasteiger partial charge in [-0.1, -0.05) is 133 Å².